The number of carbonyl (C=O) groups excluding carboxylic acids is 2. The number of ether oxygens (including phenoxy) is 2. The first-order chi connectivity index (χ1) is 17.1. The first-order valence-corrected chi connectivity index (χ1v) is 12.2. The smallest absolute Gasteiger partial charge is 0.355 e. The number of phenolic OH excluding ortho intramolecular Hbond substituents is 1. The van der Waals surface area contributed by atoms with E-state index >= 15 is 0 Å². The number of aryl methyl sites for hydroxylation is 1. The standard InChI is InChI=1S/C27H29N3O6/c1-5-15-16-9-14(31)7-8-20(16)29-23-17(15)11-30-21(23)10-19-18(24(30)32)12-35-26(34)27(19,6-2)36-25(33)22(28)13(3)4/h7-10,13,22,31H,5-6,11-12,28H2,1-4H3/t22?,27-/m0/s1. The first-order valence-electron chi connectivity index (χ1n) is 12.2. The number of nitrogens with two attached hydrogens (primary N) is 1. The van der Waals surface area contributed by atoms with Crippen LogP contribution in [0.3, 0.4) is 0 Å². The van der Waals surface area contributed by atoms with Gasteiger partial charge in [0.05, 0.1) is 29.0 Å². The number of aromatic hydroxyl groups is 1. The lowest BCUT2D eigenvalue weighted by Crippen LogP contribution is -2.50. The fourth-order valence-corrected chi connectivity index (χ4v) is 5.22. The SMILES string of the molecule is CCc1c2c(nc3ccc(O)cc13)-c1cc3c(c(=O)n1C2)COC(=O)[C@@]3(CC)OC(=O)C(N)C(C)C. The molecular weight excluding hydrogens is 462 g/mol. The largest absolute Gasteiger partial charge is 0.508 e. The Morgan fingerprint density at radius 3 is 2.67 bits per heavy atom. The number of hydrogen-bond donors (Lipinski definition) is 2. The Labute approximate surface area is 207 Å². The average molecular weight is 492 g/mol. The third kappa shape index (κ3) is 3.33. The molecule has 4 heterocycles. The molecule has 1 unspecified atom stereocenters. The Morgan fingerprint density at radius 2 is 2.00 bits per heavy atom. The van der Waals surface area contributed by atoms with Gasteiger partial charge in [-0.1, -0.05) is 27.7 Å². The van der Waals surface area contributed by atoms with Crippen molar-refractivity contribution < 1.29 is 24.2 Å². The molecule has 3 aromatic rings. The molecule has 2 aliphatic heterocycles. The van der Waals surface area contributed by atoms with E-state index in [0.29, 0.717) is 35.4 Å². The summed E-state index contributed by atoms with van der Waals surface area (Å²) >= 11 is 0. The topological polar surface area (TPSA) is 134 Å². The molecule has 0 bridgehead atoms. The third-order valence-corrected chi connectivity index (χ3v) is 7.38. The van der Waals surface area contributed by atoms with Crippen molar-refractivity contribution in [3.8, 4) is 17.1 Å². The number of benzene rings is 1. The zero-order chi connectivity index (χ0) is 25.9. The molecule has 5 rings (SSSR count). The number of cyclic esters (lactones) is 1. The summed E-state index contributed by atoms with van der Waals surface area (Å²) in [7, 11) is 0. The van der Waals surface area contributed by atoms with Crippen molar-refractivity contribution in [1.82, 2.24) is 9.55 Å². The van der Waals surface area contributed by atoms with Gasteiger partial charge in [-0.05, 0) is 48.6 Å². The van der Waals surface area contributed by atoms with Crippen LogP contribution in [0.15, 0.2) is 29.1 Å². The molecule has 0 radical (unpaired) electrons. The van der Waals surface area contributed by atoms with Crippen molar-refractivity contribution in [2.75, 3.05) is 0 Å². The van der Waals surface area contributed by atoms with Crippen molar-refractivity contribution in [1.29, 1.82) is 0 Å². The summed E-state index contributed by atoms with van der Waals surface area (Å²) in [5.74, 6) is -1.50. The quantitative estimate of drug-likeness (QED) is 0.407. The predicted molar refractivity (Wildman–Crippen MR) is 132 cm³/mol. The van der Waals surface area contributed by atoms with Crippen molar-refractivity contribution >= 4 is 22.8 Å². The molecule has 2 atom stereocenters. The van der Waals surface area contributed by atoms with Crippen molar-refractivity contribution in [3.63, 3.8) is 0 Å². The number of rotatable bonds is 5. The summed E-state index contributed by atoms with van der Waals surface area (Å²) in [6.45, 7) is 7.40. The maximum atomic E-state index is 13.7. The highest BCUT2D eigenvalue weighted by molar-refractivity contribution is 5.91. The van der Waals surface area contributed by atoms with E-state index in [4.69, 9.17) is 20.2 Å². The van der Waals surface area contributed by atoms with Crippen LogP contribution in [0.1, 0.15) is 56.4 Å². The van der Waals surface area contributed by atoms with Gasteiger partial charge in [0.15, 0.2) is 0 Å². The van der Waals surface area contributed by atoms with Crippen LogP contribution in [-0.2, 0) is 44.2 Å². The number of nitrogens with zero attached hydrogens (tertiary/aromatic N) is 2. The maximum absolute atomic E-state index is 13.7. The van der Waals surface area contributed by atoms with E-state index < -0.39 is 23.6 Å². The number of pyridine rings is 2. The van der Waals surface area contributed by atoms with E-state index in [1.54, 1.807) is 49.6 Å². The average Bonchev–Trinajstić information content (AvgIpc) is 3.22. The minimum atomic E-state index is -1.77. The highest BCUT2D eigenvalue weighted by Crippen LogP contribution is 2.42. The van der Waals surface area contributed by atoms with Gasteiger partial charge >= 0.3 is 11.9 Å². The second-order valence-corrected chi connectivity index (χ2v) is 9.73. The molecule has 0 fully saturated rings. The van der Waals surface area contributed by atoms with Crippen LogP contribution in [0.5, 0.6) is 5.75 Å². The minimum Gasteiger partial charge on any atom is -0.508 e. The number of hydrogen-bond acceptors (Lipinski definition) is 8. The summed E-state index contributed by atoms with van der Waals surface area (Å²) in [4.78, 5) is 44.5. The van der Waals surface area contributed by atoms with Crippen LogP contribution in [0.25, 0.3) is 22.3 Å². The molecule has 1 aromatic carbocycles. The van der Waals surface area contributed by atoms with E-state index in [9.17, 15) is 19.5 Å². The summed E-state index contributed by atoms with van der Waals surface area (Å²) in [6.07, 6.45) is 0.758. The summed E-state index contributed by atoms with van der Waals surface area (Å²) < 4.78 is 12.8. The van der Waals surface area contributed by atoms with E-state index in [0.717, 1.165) is 16.5 Å². The molecule has 0 saturated heterocycles. The van der Waals surface area contributed by atoms with E-state index in [-0.39, 0.29) is 35.8 Å². The molecule has 0 amide bonds. The Hall–Kier alpha value is -3.72. The van der Waals surface area contributed by atoms with Crippen LogP contribution in [0.2, 0.25) is 0 Å². The Morgan fingerprint density at radius 1 is 1.25 bits per heavy atom. The lowest BCUT2D eigenvalue weighted by Gasteiger charge is -2.36. The van der Waals surface area contributed by atoms with Gasteiger partial charge in [-0.3, -0.25) is 9.59 Å². The normalized spacial score (nSPS) is 19.0. The van der Waals surface area contributed by atoms with Crippen molar-refractivity contribution in [2.24, 2.45) is 11.7 Å². The molecule has 0 spiro atoms. The predicted octanol–water partition coefficient (Wildman–Crippen LogP) is 2.88. The van der Waals surface area contributed by atoms with Gasteiger partial charge in [-0.15, -0.1) is 0 Å². The lowest BCUT2D eigenvalue weighted by atomic mass is 9.85. The Bertz CT molecular complexity index is 1490. The monoisotopic (exact) mass is 491 g/mol. The molecule has 36 heavy (non-hydrogen) atoms. The number of aromatic nitrogens is 2. The second-order valence-electron chi connectivity index (χ2n) is 9.73. The van der Waals surface area contributed by atoms with Gasteiger partial charge < -0.3 is 24.9 Å². The summed E-state index contributed by atoms with van der Waals surface area (Å²) in [6, 6.07) is 5.81. The number of phenols is 1. The fourth-order valence-electron chi connectivity index (χ4n) is 5.22. The van der Waals surface area contributed by atoms with Crippen LogP contribution in [-0.4, -0.2) is 32.6 Å². The van der Waals surface area contributed by atoms with Gasteiger partial charge in [0.25, 0.3) is 5.56 Å². The number of fused-ring (bicyclic) bond motifs is 5. The Balaban J connectivity index is 1.74. The van der Waals surface area contributed by atoms with Gasteiger partial charge in [0, 0.05) is 16.5 Å². The molecule has 188 valence electrons. The molecule has 0 saturated carbocycles. The second kappa shape index (κ2) is 8.44. The molecule has 9 heteroatoms. The Kier molecular flexibility index (Phi) is 5.63. The highest BCUT2D eigenvalue weighted by atomic mass is 16.6. The highest BCUT2D eigenvalue weighted by Gasteiger charge is 2.51. The van der Waals surface area contributed by atoms with Crippen LogP contribution in [0, 0.1) is 5.92 Å². The van der Waals surface area contributed by atoms with Gasteiger partial charge in [0.1, 0.15) is 18.4 Å². The minimum absolute atomic E-state index is 0.0791. The third-order valence-electron chi connectivity index (χ3n) is 7.38. The van der Waals surface area contributed by atoms with Crippen LogP contribution in [0.4, 0.5) is 0 Å². The molecular formula is C27H29N3O6. The van der Waals surface area contributed by atoms with Crippen molar-refractivity contribution in [3.05, 3.63) is 56.9 Å². The van der Waals surface area contributed by atoms with E-state index in [1.165, 1.54) is 0 Å². The lowest BCUT2D eigenvalue weighted by molar-refractivity contribution is -0.190. The fraction of sp³-hybridized carbons (Fsp3) is 0.407. The van der Waals surface area contributed by atoms with Crippen LogP contribution >= 0.6 is 0 Å². The number of esters is 2. The van der Waals surface area contributed by atoms with E-state index in [2.05, 4.69) is 0 Å². The van der Waals surface area contributed by atoms with E-state index in [1.807, 2.05) is 6.92 Å². The first kappa shape index (κ1) is 24.0. The molecule has 2 aliphatic rings. The molecule has 0 aliphatic carbocycles. The zero-order valence-corrected chi connectivity index (χ0v) is 20.8. The molecule has 9 nitrogen and oxygen atoms in total. The number of carbonyl (C=O) groups is 2. The van der Waals surface area contributed by atoms with Crippen molar-refractivity contribution in [2.45, 2.75) is 65.3 Å². The van der Waals surface area contributed by atoms with Gasteiger partial charge in [-0.2, -0.15) is 0 Å². The molecule has 2 aromatic heterocycles. The zero-order valence-electron chi connectivity index (χ0n) is 20.8. The van der Waals surface area contributed by atoms with Gasteiger partial charge in [-0.25, -0.2) is 9.78 Å². The summed E-state index contributed by atoms with van der Waals surface area (Å²) in [5.41, 5.74) is 8.29. The molecule has 3 N–H and O–H groups in total. The van der Waals surface area contributed by atoms with Gasteiger partial charge in [0.2, 0.25) is 5.60 Å². The summed E-state index contributed by atoms with van der Waals surface area (Å²) in [5, 5.41) is 10.9. The maximum Gasteiger partial charge on any atom is 0.355 e. The van der Waals surface area contributed by atoms with Crippen LogP contribution < -0.4 is 11.3 Å².